The largest absolute Gasteiger partial charge is 0.497 e. The minimum Gasteiger partial charge on any atom is -0.497 e. The highest BCUT2D eigenvalue weighted by atomic mass is 19.1. The van der Waals surface area contributed by atoms with Crippen LogP contribution in [0.25, 0.3) is 10.9 Å². The van der Waals surface area contributed by atoms with Crippen molar-refractivity contribution in [1.29, 1.82) is 0 Å². The van der Waals surface area contributed by atoms with Gasteiger partial charge in [0.2, 0.25) is 0 Å². The van der Waals surface area contributed by atoms with Crippen LogP contribution in [0.3, 0.4) is 0 Å². The van der Waals surface area contributed by atoms with Crippen molar-refractivity contribution in [2.45, 2.75) is 19.3 Å². The second kappa shape index (κ2) is 7.53. The molecule has 0 aliphatic rings. The molecule has 0 atom stereocenters. The van der Waals surface area contributed by atoms with Crippen LogP contribution in [0.4, 0.5) is 14.5 Å². The zero-order chi connectivity index (χ0) is 19.6. The summed E-state index contributed by atoms with van der Waals surface area (Å²) >= 11 is 0. The summed E-state index contributed by atoms with van der Waals surface area (Å²) in [6.07, 6.45) is 1.20. The molecule has 0 aliphatic carbocycles. The van der Waals surface area contributed by atoms with Crippen LogP contribution in [-0.2, 0) is 12.8 Å². The first kappa shape index (κ1) is 18.5. The Kier molecular flexibility index (Phi) is 5.16. The van der Waals surface area contributed by atoms with Crippen LogP contribution in [0.15, 0.2) is 30.3 Å². The number of nitrogens with two attached hydrogens (primary N) is 2. The van der Waals surface area contributed by atoms with E-state index in [0.717, 1.165) is 0 Å². The van der Waals surface area contributed by atoms with Crippen molar-refractivity contribution >= 4 is 22.5 Å². The molecule has 1 amide bonds. The highest BCUT2D eigenvalue weighted by Gasteiger charge is 2.17. The van der Waals surface area contributed by atoms with Crippen LogP contribution >= 0.6 is 0 Å². The molecule has 4 N–H and O–H groups in total. The molecule has 0 unspecified atom stereocenters. The van der Waals surface area contributed by atoms with E-state index in [9.17, 15) is 13.6 Å². The number of benzene rings is 2. The number of hydrogen-bond donors (Lipinski definition) is 2. The molecule has 0 fully saturated rings. The van der Waals surface area contributed by atoms with Gasteiger partial charge in [0.1, 0.15) is 22.9 Å². The monoisotopic (exact) mass is 372 g/mol. The first-order chi connectivity index (χ1) is 12.9. The molecule has 1 heterocycles. The third-order valence-corrected chi connectivity index (χ3v) is 4.39. The Morgan fingerprint density at radius 3 is 2.56 bits per heavy atom. The van der Waals surface area contributed by atoms with E-state index in [2.05, 4.69) is 10.2 Å². The maximum Gasteiger partial charge on any atom is 0.271 e. The summed E-state index contributed by atoms with van der Waals surface area (Å²) < 4.78 is 33.3. The average Bonchev–Trinajstić information content (AvgIpc) is 2.64. The zero-order valence-corrected chi connectivity index (χ0v) is 14.6. The number of hydrogen-bond acceptors (Lipinski definition) is 5. The molecule has 140 valence electrons. The molecule has 6 nitrogen and oxygen atoms in total. The van der Waals surface area contributed by atoms with E-state index < -0.39 is 11.7 Å². The second-order valence-electron chi connectivity index (χ2n) is 6.06. The van der Waals surface area contributed by atoms with E-state index in [1.165, 1.54) is 25.3 Å². The highest BCUT2D eigenvalue weighted by molar-refractivity contribution is 6.04. The van der Waals surface area contributed by atoms with Gasteiger partial charge in [0.05, 0.1) is 12.8 Å². The lowest BCUT2D eigenvalue weighted by molar-refractivity contribution is 0.0995. The molecule has 0 aliphatic heterocycles. The number of ether oxygens (including phenoxy) is 1. The van der Waals surface area contributed by atoms with Gasteiger partial charge >= 0.3 is 0 Å². The normalized spacial score (nSPS) is 10.9. The minimum absolute atomic E-state index is 0.0648. The molecule has 0 saturated carbocycles. The third-order valence-electron chi connectivity index (χ3n) is 4.39. The topological polar surface area (TPSA) is 104 Å². The van der Waals surface area contributed by atoms with Crippen molar-refractivity contribution in [3.05, 3.63) is 58.8 Å². The van der Waals surface area contributed by atoms with E-state index in [0.29, 0.717) is 41.5 Å². The third kappa shape index (κ3) is 3.64. The molecule has 3 rings (SSSR count). The molecule has 0 spiro atoms. The number of aryl methyl sites for hydroxylation is 2. The van der Waals surface area contributed by atoms with Gasteiger partial charge in [-0.05, 0) is 43.0 Å². The molecule has 27 heavy (non-hydrogen) atoms. The van der Waals surface area contributed by atoms with E-state index in [4.69, 9.17) is 16.2 Å². The fraction of sp³-hybridized carbons (Fsp3) is 0.211. The number of rotatable bonds is 6. The fourth-order valence-electron chi connectivity index (χ4n) is 2.96. The average molecular weight is 372 g/mol. The van der Waals surface area contributed by atoms with Gasteiger partial charge in [-0.1, -0.05) is 6.07 Å². The van der Waals surface area contributed by atoms with Gasteiger partial charge in [0.15, 0.2) is 5.69 Å². The summed E-state index contributed by atoms with van der Waals surface area (Å²) in [6, 6.07) is 7.33. The molecular formula is C19H18F2N4O2. The van der Waals surface area contributed by atoms with Crippen molar-refractivity contribution < 1.29 is 18.3 Å². The Balaban J connectivity index is 1.85. The highest BCUT2D eigenvalue weighted by Crippen LogP contribution is 2.27. The number of amides is 1. The first-order valence-corrected chi connectivity index (χ1v) is 8.27. The van der Waals surface area contributed by atoms with Crippen LogP contribution in [0, 0.1) is 11.6 Å². The van der Waals surface area contributed by atoms with Crippen molar-refractivity contribution in [2.75, 3.05) is 12.8 Å². The van der Waals surface area contributed by atoms with Crippen LogP contribution in [0.2, 0.25) is 0 Å². The number of aromatic nitrogens is 2. The number of anilines is 1. The van der Waals surface area contributed by atoms with Crippen LogP contribution in [0.1, 0.15) is 28.0 Å². The maximum atomic E-state index is 14.3. The van der Waals surface area contributed by atoms with Crippen LogP contribution in [0.5, 0.6) is 5.75 Å². The lowest BCUT2D eigenvalue weighted by atomic mass is 10.00. The Bertz CT molecular complexity index is 1020. The van der Waals surface area contributed by atoms with Crippen LogP contribution in [-0.4, -0.2) is 23.2 Å². The predicted octanol–water partition coefficient (Wildman–Crippen LogP) is 2.77. The SMILES string of the molecule is COc1ccc(CCCc2c(F)ccc3c(N)c(C(N)=O)nnc23)c(F)c1. The predicted molar refractivity (Wildman–Crippen MR) is 97.4 cm³/mol. The molecule has 0 bridgehead atoms. The quantitative estimate of drug-likeness (QED) is 0.692. The summed E-state index contributed by atoms with van der Waals surface area (Å²) in [5, 5.41) is 8.05. The zero-order valence-electron chi connectivity index (χ0n) is 14.6. The van der Waals surface area contributed by atoms with Gasteiger partial charge in [-0.3, -0.25) is 4.79 Å². The number of carbonyl (C=O) groups excluding carboxylic acids is 1. The van der Waals surface area contributed by atoms with Gasteiger partial charge in [-0.25, -0.2) is 8.78 Å². The Labute approximate surface area is 154 Å². The van der Waals surface area contributed by atoms with Crippen molar-refractivity contribution in [3.8, 4) is 5.75 Å². The standard InChI is InChI=1S/C19H18F2N4O2/c1-27-11-6-5-10(15(21)9-11)3-2-4-12-14(20)8-7-13-16(22)18(19(23)26)25-24-17(12)13/h5-9H,2-4H2,1H3,(H2,22,24)(H2,23,26). The number of carbonyl (C=O) groups is 1. The Morgan fingerprint density at radius 1 is 1.11 bits per heavy atom. The summed E-state index contributed by atoms with van der Waals surface area (Å²) in [6.45, 7) is 0. The fourth-order valence-corrected chi connectivity index (χ4v) is 2.96. The van der Waals surface area contributed by atoms with Gasteiger partial charge in [0, 0.05) is 17.0 Å². The van der Waals surface area contributed by atoms with Gasteiger partial charge < -0.3 is 16.2 Å². The molecule has 1 aromatic heterocycles. The number of nitrogens with zero attached hydrogens (tertiary/aromatic N) is 2. The number of nitrogen functional groups attached to an aromatic ring is 1. The van der Waals surface area contributed by atoms with E-state index in [1.54, 1.807) is 12.1 Å². The van der Waals surface area contributed by atoms with E-state index >= 15 is 0 Å². The van der Waals surface area contributed by atoms with Gasteiger partial charge in [-0.15, -0.1) is 10.2 Å². The molecule has 0 saturated heterocycles. The smallest absolute Gasteiger partial charge is 0.271 e. The number of primary amides is 1. The number of fused-ring (bicyclic) bond motifs is 1. The maximum absolute atomic E-state index is 14.3. The number of halogens is 2. The Hall–Kier alpha value is -3.29. The summed E-state index contributed by atoms with van der Waals surface area (Å²) in [5.74, 6) is -1.20. The second-order valence-corrected chi connectivity index (χ2v) is 6.06. The van der Waals surface area contributed by atoms with Gasteiger partial charge in [0.25, 0.3) is 5.91 Å². The number of methoxy groups -OCH3 is 1. The van der Waals surface area contributed by atoms with Gasteiger partial charge in [-0.2, -0.15) is 0 Å². The summed E-state index contributed by atoms with van der Waals surface area (Å²) in [7, 11) is 1.47. The summed E-state index contributed by atoms with van der Waals surface area (Å²) in [5.41, 5.74) is 12.1. The first-order valence-electron chi connectivity index (χ1n) is 8.27. The van der Waals surface area contributed by atoms with E-state index in [-0.39, 0.29) is 22.7 Å². The van der Waals surface area contributed by atoms with Crippen molar-refractivity contribution in [3.63, 3.8) is 0 Å². The lowest BCUT2D eigenvalue weighted by Gasteiger charge is -2.10. The molecule has 2 aromatic carbocycles. The molecule has 8 heteroatoms. The molecule has 0 radical (unpaired) electrons. The van der Waals surface area contributed by atoms with Crippen molar-refractivity contribution in [2.24, 2.45) is 5.73 Å². The molecule has 3 aromatic rings. The van der Waals surface area contributed by atoms with Crippen molar-refractivity contribution in [1.82, 2.24) is 10.2 Å². The molecular weight excluding hydrogens is 354 g/mol. The Morgan fingerprint density at radius 2 is 1.89 bits per heavy atom. The van der Waals surface area contributed by atoms with Crippen LogP contribution < -0.4 is 16.2 Å². The summed E-state index contributed by atoms with van der Waals surface area (Å²) in [4.78, 5) is 11.3. The lowest BCUT2D eigenvalue weighted by Crippen LogP contribution is -2.17. The minimum atomic E-state index is -0.803. The van der Waals surface area contributed by atoms with E-state index in [1.807, 2.05) is 0 Å².